The van der Waals surface area contributed by atoms with Crippen LogP contribution in [0.1, 0.15) is 38.3 Å². The fraction of sp³-hybridized carbons (Fsp3) is 0.379. The molecule has 0 radical (unpaired) electrons. The third kappa shape index (κ3) is 9.57. The lowest BCUT2D eigenvalue weighted by Crippen LogP contribution is -2.46. The van der Waals surface area contributed by atoms with Gasteiger partial charge in [-0.2, -0.15) is 0 Å². The number of hydrogen-bond donors (Lipinski definition) is 1. The minimum atomic E-state index is -2.70. The summed E-state index contributed by atoms with van der Waals surface area (Å²) in [5.74, 6) is 0.727. The maximum Gasteiger partial charge on any atom is 0.500 e. The number of pyridine rings is 1. The van der Waals surface area contributed by atoms with Crippen molar-refractivity contribution in [1.82, 2.24) is 10.3 Å². The van der Waals surface area contributed by atoms with E-state index in [-0.39, 0.29) is 13.2 Å². The van der Waals surface area contributed by atoms with Gasteiger partial charge in [-0.15, -0.1) is 0 Å². The summed E-state index contributed by atoms with van der Waals surface area (Å²) < 4.78 is 28.5. The van der Waals surface area contributed by atoms with Crippen LogP contribution in [0, 0.1) is 0 Å². The highest BCUT2D eigenvalue weighted by molar-refractivity contribution is 6.60. The Morgan fingerprint density at radius 1 is 0.842 bits per heavy atom. The molecule has 0 spiro atoms. The van der Waals surface area contributed by atoms with E-state index in [0.29, 0.717) is 38.8 Å². The van der Waals surface area contributed by atoms with Crippen LogP contribution >= 0.6 is 0 Å². The predicted molar refractivity (Wildman–Crippen MR) is 152 cm³/mol. The molecule has 0 unspecified atom stereocenters. The van der Waals surface area contributed by atoms with Gasteiger partial charge in [-0.1, -0.05) is 30.4 Å². The largest absolute Gasteiger partial charge is 0.500 e. The molecule has 3 rings (SSSR count). The summed E-state index contributed by atoms with van der Waals surface area (Å²) in [6.45, 7) is 8.24. The number of fused-ring (bicyclic) bond motifs is 1. The lowest BCUT2D eigenvalue weighted by atomic mass is 10.1. The molecule has 38 heavy (non-hydrogen) atoms. The molecule has 8 nitrogen and oxygen atoms in total. The van der Waals surface area contributed by atoms with E-state index >= 15 is 0 Å². The van der Waals surface area contributed by atoms with Crippen molar-refractivity contribution in [1.29, 1.82) is 0 Å². The topological polar surface area (TPSA) is 88.1 Å². The van der Waals surface area contributed by atoms with Crippen molar-refractivity contribution in [3.05, 3.63) is 72.1 Å². The molecule has 0 saturated carbocycles. The van der Waals surface area contributed by atoms with Crippen LogP contribution in [-0.4, -0.2) is 59.5 Å². The van der Waals surface area contributed by atoms with Crippen LogP contribution in [0.25, 0.3) is 22.9 Å². The molecule has 0 atom stereocenters. The van der Waals surface area contributed by atoms with Gasteiger partial charge in [-0.05, 0) is 79.4 Å². The van der Waals surface area contributed by atoms with Gasteiger partial charge in [0.25, 0.3) is 0 Å². The summed E-state index contributed by atoms with van der Waals surface area (Å²) in [5, 5.41) is 4.96. The summed E-state index contributed by atoms with van der Waals surface area (Å²) in [6.07, 6.45) is 7.90. The van der Waals surface area contributed by atoms with Gasteiger partial charge in [-0.3, -0.25) is 4.98 Å². The molecule has 2 aromatic carbocycles. The minimum Gasteiger partial charge on any atom is -0.490 e. The Morgan fingerprint density at radius 3 is 2.21 bits per heavy atom. The number of amides is 1. The minimum absolute atomic E-state index is 0.151. The lowest BCUT2D eigenvalue weighted by molar-refractivity contribution is 0.0706. The van der Waals surface area contributed by atoms with Crippen molar-refractivity contribution >= 4 is 37.8 Å². The molecule has 3 aromatic rings. The van der Waals surface area contributed by atoms with Gasteiger partial charge in [-0.25, -0.2) is 4.79 Å². The first kappa shape index (κ1) is 29.3. The number of hydrogen-bond acceptors (Lipinski definition) is 7. The van der Waals surface area contributed by atoms with E-state index in [2.05, 4.69) is 40.7 Å². The number of aromatic nitrogens is 1. The fourth-order valence-corrected chi connectivity index (χ4v) is 6.56. The molecule has 1 amide bonds. The number of ether oxygens (including phenoxy) is 2. The van der Waals surface area contributed by atoms with Crippen molar-refractivity contribution in [2.24, 2.45) is 0 Å². The number of rotatable bonds is 16. The summed E-state index contributed by atoms with van der Waals surface area (Å²) in [7, 11) is -2.70. The van der Waals surface area contributed by atoms with E-state index in [4.69, 9.17) is 22.8 Å². The monoisotopic (exact) mass is 538 g/mol. The Balaban J connectivity index is 1.38. The zero-order valence-electron chi connectivity index (χ0n) is 22.5. The lowest BCUT2D eigenvalue weighted by Gasteiger charge is -2.28. The molecule has 0 bridgehead atoms. The summed E-state index contributed by atoms with van der Waals surface area (Å²) in [5.41, 5.74) is 2.22. The van der Waals surface area contributed by atoms with Crippen LogP contribution < -0.4 is 10.1 Å². The van der Waals surface area contributed by atoms with Crippen molar-refractivity contribution in [2.45, 2.75) is 33.2 Å². The van der Waals surface area contributed by atoms with E-state index in [1.807, 2.05) is 51.1 Å². The third-order valence-electron chi connectivity index (χ3n) is 5.62. The zero-order chi connectivity index (χ0) is 27.1. The molecular weight excluding hydrogens is 500 g/mol. The summed E-state index contributed by atoms with van der Waals surface area (Å²) >= 11 is 0. The maximum absolute atomic E-state index is 12.0. The van der Waals surface area contributed by atoms with E-state index in [1.54, 1.807) is 12.4 Å². The number of carbonyl (C=O) groups excluding carboxylic acids is 1. The molecule has 9 heteroatoms. The molecule has 0 saturated heterocycles. The van der Waals surface area contributed by atoms with Gasteiger partial charge < -0.3 is 28.1 Å². The van der Waals surface area contributed by atoms with Crippen LogP contribution in [0.2, 0.25) is 6.04 Å². The number of nitrogens with one attached hydrogen (secondary N) is 1. The standard InChI is InChI=1S/C29H38N2O6Si/c1-4-35-38(36-5-2,37-6-3)21-7-16-31-29(32)34-20-19-33-28-13-12-26-22-25(10-11-27(26)23-28)9-8-24-14-17-30-18-15-24/h8-15,17-18,22-23H,4-7,16,19-21H2,1-3H3,(H,31,32)/b9-8+. The average Bonchev–Trinajstić information content (AvgIpc) is 2.93. The van der Waals surface area contributed by atoms with Crippen molar-refractivity contribution in [3.63, 3.8) is 0 Å². The molecule has 1 heterocycles. The highest BCUT2D eigenvalue weighted by atomic mass is 28.4. The van der Waals surface area contributed by atoms with Crippen molar-refractivity contribution < 1.29 is 27.5 Å². The SMILES string of the molecule is CCO[Si](CCCNC(=O)OCCOc1ccc2cc(/C=C/c3ccncc3)ccc2c1)(OCC)OCC. The van der Waals surface area contributed by atoms with Gasteiger partial charge >= 0.3 is 14.9 Å². The number of alkyl carbamates (subject to hydrolysis) is 1. The van der Waals surface area contributed by atoms with Crippen LogP contribution in [0.3, 0.4) is 0 Å². The van der Waals surface area contributed by atoms with E-state index in [1.165, 1.54) is 0 Å². The van der Waals surface area contributed by atoms with Gasteiger partial charge in [0, 0.05) is 44.8 Å². The third-order valence-corrected chi connectivity index (χ3v) is 8.77. The van der Waals surface area contributed by atoms with Crippen LogP contribution in [0.15, 0.2) is 60.9 Å². The first-order valence-electron chi connectivity index (χ1n) is 13.1. The van der Waals surface area contributed by atoms with Crippen LogP contribution in [0.5, 0.6) is 5.75 Å². The molecule has 1 aromatic heterocycles. The number of nitrogens with zero attached hydrogens (tertiary/aromatic N) is 1. The second-order valence-electron chi connectivity index (χ2n) is 8.38. The Labute approximate surface area is 226 Å². The number of carbonyl (C=O) groups is 1. The van der Waals surface area contributed by atoms with E-state index in [0.717, 1.165) is 27.6 Å². The zero-order valence-corrected chi connectivity index (χ0v) is 23.5. The second kappa shape index (κ2) is 15.9. The molecule has 204 valence electrons. The van der Waals surface area contributed by atoms with Crippen LogP contribution in [-0.2, 0) is 18.0 Å². The highest BCUT2D eigenvalue weighted by Gasteiger charge is 2.39. The molecular formula is C29H38N2O6Si. The average molecular weight is 539 g/mol. The first-order valence-corrected chi connectivity index (χ1v) is 15.1. The number of benzene rings is 2. The predicted octanol–water partition coefficient (Wildman–Crippen LogP) is 5.95. The van der Waals surface area contributed by atoms with Crippen LogP contribution in [0.4, 0.5) is 4.79 Å². The Hall–Kier alpha value is -3.24. The Kier molecular flexibility index (Phi) is 12.3. The van der Waals surface area contributed by atoms with Crippen molar-refractivity contribution in [2.75, 3.05) is 39.6 Å². The molecule has 1 N–H and O–H groups in total. The molecule has 0 fully saturated rings. The quantitative estimate of drug-likeness (QED) is 0.178. The normalized spacial score (nSPS) is 11.7. The summed E-state index contributed by atoms with van der Waals surface area (Å²) in [4.78, 5) is 16.1. The first-order chi connectivity index (χ1) is 18.6. The van der Waals surface area contributed by atoms with Gasteiger partial charge in [0.05, 0.1) is 0 Å². The summed E-state index contributed by atoms with van der Waals surface area (Å²) in [6, 6.07) is 16.8. The smallest absolute Gasteiger partial charge is 0.490 e. The fourth-order valence-electron chi connectivity index (χ4n) is 3.94. The molecule has 0 aliphatic rings. The van der Waals surface area contributed by atoms with Gasteiger partial charge in [0.2, 0.25) is 0 Å². The van der Waals surface area contributed by atoms with Gasteiger partial charge in [0.15, 0.2) is 0 Å². The Morgan fingerprint density at radius 2 is 1.50 bits per heavy atom. The van der Waals surface area contributed by atoms with E-state index in [9.17, 15) is 4.79 Å². The second-order valence-corrected chi connectivity index (χ2v) is 11.1. The van der Waals surface area contributed by atoms with E-state index < -0.39 is 14.9 Å². The molecule has 0 aliphatic carbocycles. The van der Waals surface area contributed by atoms with Gasteiger partial charge in [0.1, 0.15) is 19.0 Å². The maximum atomic E-state index is 12.0. The Bertz CT molecular complexity index is 1140. The van der Waals surface area contributed by atoms with Crippen molar-refractivity contribution in [3.8, 4) is 5.75 Å². The molecule has 0 aliphatic heterocycles. The highest BCUT2D eigenvalue weighted by Crippen LogP contribution is 2.23.